The van der Waals surface area contributed by atoms with Crippen molar-refractivity contribution in [2.24, 2.45) is 10.2 Å². The molecule has 0 fully saturated rings. The summed E-state index contributed by atoms with van der Waals surface area (Å²) in [5.41, 5.74) is -1.25. The predicted octanol–water partition coefficient (Wildman–Crippen LogP) is 3.20. The number of hydrogen-bond acceptors (Lipinski definition) is 2. The molecule has 1 aliphatic heterocycles. The third-order valence-electron chi connectivity index (χ3n) is 1.80. The molecule has 15 heavy (non-hydrogen) atoms. The van der Waals surface area contributed by atoms with Crippen LogP contribution >= 0.6 is 11.6 Å². The van der Waals surface area contributed by atoms with Gasteiger partial charge >= 0.3 is 0 Å². The summed E-state index contributed by atoms with van der Waals surface area (Å²) in [7, 11) is 0. The van der Waals surface area contributed by atoms with E-state index in [1.54, 1.807) is 0 Å². The van der Waals surface area contributed by atoms with Gasteiger partial charge in [0.1, 0.15) is 0 Å². The molecule has 8 heteroatoms. The van der Waals surface area contributed by atoms with Crippen molar-refractivity contribution in [2.45, 2.75) is 5.12 Å². The Hall–Kier alpha value is -1.24. The van der Waals surface area contributed by atoms with Crippen LogP contribution < -0.4 is 0 Å². The second kappa shape index (κ2) is 2.88. The molecule has 0 amide bonds. The van der Waals surface area contributed by atoms with Crippen LogP contribution in [0.2, 0.25) is 0 Å². The topological polar surface area (TPSA) is 24.7 Å². The first kappa shape index (κ1) is 10.3. The summed E-state index contributed by atoms with van der Waals surface area (Å²) < 4.78 is 63.9. The first-order valence-electron chi connectivity index (χ1n) is 3.53. The van der Waals surface area contributed by atoms with Crippen LogP contribution in [0.3, 0.4) is 0 Å². The first-order chi connectivity index (χ1) is 6.88. The summed E-state index contributed by atoms with van der Waals surface area (Å²) in [5.74, 6) is -10.4. The fourth-order valence-electron chi connectivity index (χ4n) is 1.03. The normalized spacial score (nSPS) is 16.9. The molecule has 0 atom stereocenters. The number of hydrogen-bond donors (Lipinski definition) is 0. The second-order valence-electron chi connectivity index (χ2n) is 2.73. The summed E-state index contributed by atoms with van der Waals surface area (Å²) in [4.78, 5) is 0. The highest BCUT2D eigenvalue weighted by molar-refractivity contribution is 6.24. The lowest BCUT2D eigenvalue weighted by atomic mass is 10.1. The molecular formula is C7ClF5N2. The van der Waals surface area contributed by atoms with Crippen molar-refractivity contribution >= 4 is 11.6 Å². The highest BCUT2D eigenvalue weighted by atomic mass is 35.5. The van der Waals surface area contributed by atoms with Gasteiger partial charge in [0.05, 0.1) is 5.56 Å². The average molecular weight is 243 g/mol. The highest BCUT2D eigenvalue weighted by Crippen LogP contribution is 2.46. The van der Waals surface area contributed by atoms with Crippen LogP contribution in [0.1, 0.15) is 5.56 Å². The molecule has 0 saturated heterocycles. The SMILES string of the molecule is Fc1c(F)c(F)c(C2(Cl)N=N2)c(F)c1F. The fraction of sp³-hybridized carbons (Fsp3) is 0.143. The minimum atomic E-state index is -2.24. The molecule has 1 aromatic rings. The van der Waals surface area contributed by atoms with Crippen molar-refractivity contribution < 1.29 is 22.0 Å². The van der Waals surface area contributed by atoms with Gasteiger partial charge in [-0.3, -0.25) is 0 Å². The minimum absolute atomic E-state index is 1.25. The Kier molecular flexibility index (Phi) is 1.97. The Labute approximate surface area is 84.4 Å². The van der Waals surface area contributed by atoms with Gasteiger partial charge in [-0.05, 0) is 0 Å². The molecule has 1 aliphatic rings. The van der Waals surface area contributed by atoms with Gasteiger partial charge in [0.15, 0.2) is 23.3 Å². The molecule has 0 N–H and O–H groups in total. The minimum Gasteiger partial charge on any atom is -0.203 e. The van der Waals surface area contributed by atoms with E-state index in [0.717, 1.165) is 0 Å². The molecule has 80 valence electrons. The van der Waals surface area contributed by atoms with Gasteiger partial charge in [-0.2, -0.15) is 0 Å². The number of alkyl halides is 1. The van der Waals surface area contributed by atoms with E-state index < -0.39 is 39.8 Å². The van der Waals surface area contributed by atoms with Gasteiger partial charge in [-0.1, -0.05) is 11.6 Å². The van der Waals surface area contributed by atoms with E-state index >= 15 is 0 Å². The maximum Gasteiger partial charge on any atom is 0.294 e. The Morgan fingerprint density at radius 1 is 0.733 bits per heavy atom. The molecule has 0 saturated carbocycles. The maximum absolute atomic E-state index is 13.0. The summed E-state index contributed by atoms with van der Waals surface area (Å²) in [6.07, 6.45) is 0. The van der Waals surface area contributed by atoms with E-state index in [9.17, 15) is 22.0 Å². The summed E-state index contributed by atoms with van der Waals surface area (Å²) in [6, 6.07) is 0. The molecule has 0 unspecified atom stereocenters. The van der Waals surface area contributed by atoms with Crippen molar-refractivity contribution in [2.75, 3.05) is 0 Å². The van der Waals surface area contributed by atoms with Crippen LogP contribution in [0.5, 0.6) is 0 Å². The fourth-order valence-corrected chi connectivity index (χ4v) is 1.23. The summed E-state index contributed by atoms with van der Waals surface area (Å²) in [6.45, 7) is 0. The zero-order valence-electron chi connectivity index (χ0n) is 6.66. The maximum atomic E-state index is 13.0. The van der Waals surface area contributed by atoms with Gasteiger partial charge < -0.3 is 0 Å². The van der Waals surface area contributed by atoms with E-state index in [1.165, 1.54) is 0 Å². The average Bonchev–Trinajstić information content (AvgIpc) is 2.91. The van der Waals surface area contributed by atoms with Crippen molar-refractivity contribution in [1.29, 1.82) is 0 Å². The van der Waals surface area contributed by atoms with Crippen LogP contribution in [0.4, 0.5) is 22.0 Å². The van der Waals surface area contributed by atoms with E-state index in [4.69, 9.17) is 11.6 Å². The van der Waals surface area contributed by atoms with Gasteiger partial charge in [0.2, 0.25) is 5.82 Å². The Morgan fingerprint density at radius 2 is 1.07 bits per heavy atom. The third-order valence-corrected chi connectivity index (χ3v) is 2.14. The summed E-state index contributed by atoms with van der Waals surface area (Å²) in [5, 5.41) is 3.81. The molecule has 2 rings (SSSR count). The van der Waals surface area contributed by atoms with Crippen LogP contribution in [0.15, 0.2) is 10.2 Å². The zero-order chi connectivity index (χ0) is 11.4. The Bertz CT molecular complexity index is 452. The quantitative estimate of drug-likeness (QED) is 0.238. The standard InChI is InChI=1S/C7ClF5N2/c8-7(14-15-7)1-2(9)4(11)6(13)5(12)3(1)10. The molecule has 0 spiro atoms. The van der Waals surface area contributed by atoms with E-state index in [2.05, 4.69) is 10.2 Å². The van der Waals surface area contributed by atoms with E-state index in [-0.39, 0.29) is 0 Å². The molecule has 2 nitrogen and oxygen atoms in total. The number of rotatable bonds is 1. The zero-order valence-corrected chi connectivity index (χ0v) is 7.42. The lowest BCUT2D eigenvalue weighted by Gasteiger charge is -2.08. The number of nitrogens with zero attached hydrogens (tertiary/aromatic N) is 2. The smallest absolute Gasteiger partial charge is 0.203 e. The first-order valence-corrected chi connectivity index (χ1v) is 3.91. The molecule has 0 aliphatic carbocycles. The van der Waals surface area contributed by atoms with Crippen LogP contribution in [-0.4, -0.2) is 0 Å². The van der Waals surface area contributed by atoms with Gasteiger partial charge in [-0.15, -0.1) is 10.2 Å². The van der Waals surface area contributed by atoms with Crippen molar-refractivity contribution in [1.82, 2.24) is 0 Å². The van der Waals surface area contributed by atoms with Crippen molar-refractivity contribution in [3.63, 3.8) is 0 Å². The Morgan fingerprint density at radius 3 is 1.40 bits per heavy atom. The third kappa shape index (κ3) is 1.30. The monoisotopic (exact) mass is 242 g/mol. The van der Waals surface area contributed by atoms with Gasteiger partial charge in [0, 0.05) is 0 Å². The lowest BCUT2D eigenvalue weighted by Crippen LogP contribution is -2.13. The lowest BCUT2D eigenvalue weighted by molar-refractivity contribution is 0.367. The van der Waals surface area contributed by atoms with Gasteiger partial charge in [-0.25, -0.2) is 22.0 Å². The van der Waals surface area contributed by atoms with Crippen LogP contribution in [0, 0.1) is 29.1 Å². The Balaban J connectivity index is 2.75. The van der Waals surface area contributed by atoms with E-state index in [0.29, 0.717) is 0 Å². The molecular weight excluding hydrogens is 243 g/mol. The number of halogens is 6. The summed E-state index contributed by atoms with van der Waals surface area (Å²) >= 11 is 5.31. The van der Waals surface area contributed by atoms with E-state index in [1.807, 2.05) is 0 Å². The second-order valence-corrected chi connectivity index (χ2v) is 3.26. The molecule has 0 aromatic heterocycles. The van der Waals surface area contributed by atoms with Crippen molar-refractivity contribution in [3.8, 4) is 0 Å². The molecule has 0 bridgehead atoms. The van der Waals surface area contributed by atoms with Gasteiger partial charge in [0.25, 0.3) is 5.12 Å². The van der Waals surface area contributed by atoms with Crippen molar-refractivity contribution in [3.05, 3.63) is 34.6 Å². The molecule has 1 aromatic carbocycles. The molecule has 0 radical (unpaired) electrons. The number of benzene rings is 1. The highest BCUT2D eigenvalue weighted by Gasteiger charge is 2.47. The molecule has 1 heterocycles. The predicted molar refractivity (Wildman–Crippen MR) is 38.6 cm³/mol. The van der Waals surface area contributed by atoms with Crippen LogP contribution in [0.25, 0.3) is 0 Å². The largest absolute Gasteiger partial charge is 0.294 e. The van der Waals surface area contributed by atoms with Crippen LogP contribution in [-0.2, 0) is 5.12 Å².